The summed E-state index contributed by atoms with van der Waals surface area (Å²) in [6.45, 7) is 3.26. The largest absolute Gasteiger partial charge is 0.396 e. The highest BCUT2D eigenvalue weighted by Crippen LogP contribution is 2.15. The first kappa shape index (κ1) is 24.1. The maximum atomic E-state index is 11.7. The van der Waals surface area contributed by atoms with Gasteiger partial charge in [-0.25, -0.2) is 0 Å². The van der Waals surface area contributed by atoms with Crippen molar-refractivity contribution in [3.8, 4) is 0 Å². The zero-order chi connectivity index (χ0) is 20.6. The highest BCUT2D eigenvalue weighted by Gasteiger charge is 2.08. The molecule has 1 rings (SSSR count). The summed E-state index contributed by atoms with van der Waals surface area (Å²) in [7, 11) is 0. The minimum Gasteiger partial charge on any atom is -0.396 e. The van der Waals surface area contributed by atoms with Gasteiger partial charge in [-0.2, -0.15) is 11.8 Å². The number of amides is 2. The molecule has 0 atom stereocenters. The van der Waals surface area contributed by atoms with Gasteiger partial charge in [-0.05, 0) is 42.7 Å². The molecule has 0 saturated carbocycles. The Morgan fingerprint density at radius 2 is 1.86 bits per heavy atom. The van der Waals surface area contributed by atoms with E-state index >= 15 is 0 Å². The molecule has 0 heterocycles. The maximum Gasteiger partial charge on any atom is 0.247 e. The fourth-order valence-electron chi connectivity index (χ4n) is 1.97. The maximum absolute atomic E-state index is 11.7. The summed E-state index contributed by atoms with van der Waals surface area (Å²) in [4.78, 5) is 27.8. The molecule has 0 aliphatic rings. The summed E-state index contributed by atoms with van der Waals surface area (Å²) in [6, 6.07) is 7.38. The van der Waals surface area contributed by atoms with Crippen LogP contribution in [0.15, 0.2) is 29.3 Å². The molecule has 1 aromatic carbocycles. The van der Waals surface area contributed by atoms with Crippen molar-refractivity contribution in [3.63, 3.8) is 0 Å². The fourth-order valence-corrected chi connectivity index (χ4v) is 2.92. The molecule has 0 fully saturated rings. The minimum absolute atomic E-state index is 0.00109. The van der Waals surface area contributed by atoms with Crippen LogP contribution in [-0.2, 0) is 9.59 Å². The van der Waals surface area contributed by atoms with E-state index in [0.717, 1.165) is 28.9 Å². The minimum atomic E-state index is -0.439. The van der Waals surface area contributed by atoms with Gasteiger partial charge in [-0.3, -0.25) is 25.4 Å². The van der Waals surface area contributed by atoms with E-state index in [0.29, 0.717) is 18.7 Å². The second-order valence-electron chi connectivity index (χ2n) is 5.57. The number of benzene rings is 1. The lowest BCUT2D eigenvalue weighted by atomic mass is 10.3. The third-order valence-corrected chi connectivity index (χ3v) is 4.85. The predicted octanol–water partition coefficient (Wildman–Crippen LogP) is 1.90. The van der Waals surface area contributed by atoms with Crippen LogP contribution in [0.1, 0.15) is 19.8 Å². The zero-order valence-electron chi connectivity index (χ0n) is 16.3. The quantitative estimate of drug-likeness (QED) is 0.114. The van der Waals surface area contributed by atoms with Gasteiger partial charge in [-0.1, -0.05) is 18.7 Å². The first-order valence-electron chi connectivity index (χ1n) is 9.04. The van der Waals surface area contributed by atoms with Gasteiger partial charge in [0.25, 0.3) is 0 Å². The number of nitrogens with zero attached hydrogens (tertiary/aromatic N) is 1. The highest BCUT2D eigenvalue weighted by atomic mass is 32.2. The van der Waals surface area contributed by atoms with Crippen molar-refractivity contribution in [1.29, 1.82) is 0 Å². The van der Waals surface area contributed by atoms with Crippen molar-refractivity contribution in [3.05, 3.63) is 24.3 Å². The smallest absolute Gasteiger partial charge is 0.247 e. The lowest BCUT2D eigenvalue weighted by molar-refractivity contribution is -0.129. The molecular formula is C18H29N5O3S2. The van der Waals surface area contributed by atoms with Crippen molar-refractivity contribution < 1.29 is 14.7 Å². The lowest BCUT2D eigenvalue weighted by Gasteiger charge is -2.11. The third kappa shape index (κ3) is 11.1. The molecule has 2 amide bonds. The number of thioether (sulfide) groups is 2. The van der Waals surface area contributed by atoms with Gasteiger partial charge in [0.2, 0.25) is 11.8 Å². The van der Waals surface area contributed by atoms with E-state index in [1.165, 1.54) is 0 Å². The second-order valence-corrected chi connectivity index (χ2v) is 7.76. The number of aliphatic hydroxyl groups is 1. The van der Waals surface area contributed by atoms with Crippen LogP contribution in [0.5, 0.6) is 0 Å². The number of amidine groups is 1. The van der Waals surface area contributed by atoms with Crippen molar-refractivity contribution in [1.82, 2.24) is 10.7 Å². The molecular weight excluding hydrogens is 398 g/mol. The Hall–Kier alpha value is -1.91. The van der Waals surface area contributed by atoms with Crippen LogP contribution in [0.3, 0.4) is 0 Å². The summed E-state index contributed by atoms with van der Waals surface area (Å²) in [5.41, 5.74) is 6.85. The standard InChI is InChI=1S/C18H29N5O3S2/c1-3-28-12-10-20-18(27-2)21-14-5-7-15(8-6-14)22-23-17(26)13-16(25)19-9-4-11-24/h5-8,22,24H,3-4,9-13H2,1-2H3,(H,19,25)(H,20,21)(H,23,26). The Bertz CT molecular complexity index is 626. The number of hydrazine groups is 1. The van der Waals surface area contributed by atoms with Crippen LogP contribution in [0.4, 0.5) is 11.4 Å². The monoisotopic (exact) mass is 427 g/mol. The van der Waals surface area contributed by atoms with Crippen LogP contribution in [0.25, 0.3) is 0 Å². The number of nitrogens with one attached hydrogen (secondary N) is 4. The van der Waals surface area contributed by atoms with Gasteiger partial charge in [0.05, 0.1) is 12.2 Å². The number of aliphatic imine (C=N–C) groups is 1. The molecule has 0 unspecified atom stereocenters. The zero-order valence-corrected chi connectivity index (χ0v) is 17.9. The van der Waals surface area contributed by atoms with Crippen molar-refractivity contribution in [2.24, 2.45) is 4.99 Å². The Balaban J connectivity index is 2.39. The molecule has 0 aliphatic heterocycles. The average molecular weight is 428 g/mol. The molecule has 156 valence electrons. The fraction of sp³-hybridized carbons (Fsp3) is 0.500. The Kier molecular flexibility index (Phi) is 13.0. The van der Waals surface area contributed by atoms with Gasteiger partial charge in [0.15, 0.2) is 5.17 Å². The van der Waals surface area contributed by atoms with E-state index in [4.69, 9.17) is 5.11 Å². The molecule has 1 aromatic rings. The van der Waals surface area contributed by atoms with Crippen LogP contribution < -0.4 is 21.5 Å². The van der Waals surface area contributed by atoms with Crippen molar-refractivity contribution in [2.45, 2.75) is 19.8 Å². The van der Waals surface area contributed by atoms with E-state index in [9.17, 15) is 9.59 Å². The number of carbonyl (C=O) groups excluding carboxylic acids is 2. The number of anilines is 2. The first-order chi connectivity index (χ1) is 13.6. The van der Waals surface area contributed by atoms with Gasteiger partial charge >= 0.3 is 0 Å². The number of hydrogen-bond acceptors (Lipinski definition) is 7. The van der Waals surface area contributed by atoms with Gasteiger partial charge in [0.1, 0.15) is 6.42 Å². The molecule has 0 spiro atoms. The normalized spacial score (nSPS) is 11.0. The Morgan fingerprint density at radius 1 is 1.14 bits per heavy atom. The van der Waals surface area contributed by atoms with Gasteiger partial charge < -0.3 is 15.7 Å². The number of hydrogen-bond donors (Lipinski definition) is 5. The Labute approximate surface area is 174 Å². The van der Waals surface area contributed by atoms with Gasteiger partial charge in [-0.15, -0.1) is 0 Å². The van der Waals surface area contributed by atoms with Crippen LogP contribution in [0, 0.1) is 0 Å². The molecule has 8 nitrogen and oxygen atoms in total. The summed E-state index contributed by atoms with van der Waals surface area (Å²) in [5.74, 6) is 1.28. The second kappa shape index (κ2) is 15.1. The van der Waals surface area contributed by atoms with E-state index < -0.39 is 5.91 Å². The molecule has 10 heteroatoms. The van der Waals surface area contributed by atoms with Crippen molar-refractivity contribution in [2.75, 3.05) is 48.2 Å². The average Bonchev–Trinajstić information content (AvgIpc) is 2.70. The van der Waals surface area contributed by atoms with Gasteiger partial charge in [0, 0.05) is 24.6 Å². The summed E-state index contributed by atoms with van der Waals surface area (Å²) < 4.78 is 0. The van der Waals surface area contributed by atoms with E-state index in [-0.39, 0.29) is 18.9 Å². The predicted molar refractivity (Wildman–Crippen MR) is 120 cm³/mol. The van der Waals surface area contributed by atoms with Crippen LogP contribution >= 0.6 is 23.5 Å². The molecule has 0 radical (unpaired) electrons. The number of carbonyl (C=O) groups is 2. The van der Waals surface area contributed by atoms with Crippen LogP contribution in [0.2, 0.25) is 0 Å². The van der Waals surface area contributed by atoms with E-state index in [1.54, 1.807) is 11.8 Å². The SMILES string of the molecule is CCSCCN=C(Nc1ccc(NNC(=O)CC(=O)NCCCO)cc1)SC. The Morgan fingerprint density at radius 3 is 2.50 bits per heavy atom. The molecule has 28 heavy (non-hydrogen) atoms. The van der Waals surface area contributed by atoms with E-state index in [2.05, 4.69) is 33.4 Å². The number of rotatable bonds is 12. The summed E-state index contributed by atoms with van der Waals surface area (Å²) >= 11 is 3.42. The molecule has 0 aliphatic carbocycles. The topological polar surface area (TPSA) is 115 Å². The first-order valence-corrected chi connectivity index (χ1v) is 11.4. The highest BCUT2D eigenvalue weighted by molar-refractivity contribution is 8.13. The van der Waals surface area contributed by atoms with Crippen molar-refractivity contribution >= 4 is 51.9 Å². The van der Waals surface area contributed by atoms with Crippen LogP contribution in [-0.4, -0.2) is 59.5 Å². The molecule has 0 saturated heterocycles. The molecule has 5 N–H and O–H groups in total. The molecule has 0 aromatic heterocycles. The number of aliphatic hydroxyl groups excluding tert-OH is 1. The summed E-state index contributed by atoms with van der Waals surface area (Å²) in [5, 5.41) is 15.3. The summed E-state index contributed by atoms with van der Waals surface area (Å²) in [6.07, 6.45) is 2.17. The van der Waals surface area contributed by atoms with E-state index in [1.807, 2.05) is 42.3 Å². The molecule has 0 bridgehead atoms. The third-order valence-electron chi connectivity index (χ3n) is 3.35. The lowest BCUT2D eigenvalue weighted by Crippen LogP contribution is -2.35.